The highest BCUT2D eigenvalue weighted by atomic mass is 32.2. The summed E-state index contributed by atoms with van der Waals surface area (Å²) < 4.78 is 69.0. The lowest BCUT2D eigenvalue weighted by Gasteiger charge is -2.24. The Bertz CT molecular complexity index is 1290. The molecule has 0 saturated heterocycles. The van der Waals surface area contributed by atoms with Crippen molar-refractivity contribution in [3.8, 4) is 0 Å². The van der Waals surface area contributed by atoms with Gasteiger partial charge in [-0.15, -0.1) is 0 Å². The molecule has 0 aliphatic carbocycles. The number of halogens is 3. The molecule has 0 spiro atoms. The lowest BCUT2D eigenvalue weighted by atomic mass is 10.1. The van der Waals surface area contributed by atoms with Crippen LogP contribution in [-0.2, 0) is 21.2 Å². The number of aryl methyl sites for hydroxylation is 3. The van der Waals surface area contributed by atoms with Crippen LogP contribution in [0.3, 0.4) is 0 Å². The molecule has 1 N–H and O–H groups in total. The van der Waals surface area contributed by atoms with Crippen LogP contribution < -0.4 is 5.32 Å². The Hall–Kier alpha value is -3.17. The second kappa shape index (κ2) is 10.4. The number of nitrogens with zero attached hydrogens (tertiary/aromatic N) is 1. The van der Waals surface area contributed by atoms with Crippen molar-refractivity contribution in [1.82, 2.24) is 4.31 Å². The van der Waals surface area contributed by atoms with E-state index in [0.29, 0.717) is 23.6 Å². The summed E-state index contributed by atoms with van der Waals surface area (Å²) in [4.78, 5) is 12.8. The van der Waals surface area contributed by atoms with Gasteiger partial charge in [0.05, 0.1) is 17.1 Å². The molecule has 0 unspecified atom stereocenters. The number of nitrogens with one attached hydrogen (secondary N) is 1. The van der Waals surface area contributed by atoms with Crippen LogP contribution in [0, 0.1) is 38.2 Å². The molecule has 9 heteroatoms. The van der Waals surface area contributed by atoms with Gasteiger partial charge in [0, 0.05) is 6.54 Å². The first-order valence-corrected chi connectivity index (χ1v) is 12.0. The standard InChI is InChI=1S/C25H25F3N2O3S/c1-16-13-17(2)25(18(3)14-16)34(32,33)30(12-11-19-7-5-4-6-8-19)15-22(31)29-21-10-9-20(26)23(27)24(21)28/h4-10,13-14H,11-12,15H2,1-3H3,(H,29,31). The Labute approximate surface area is 197 Å². The van der Waals surface area contributed by atoms with Crippen molar-refractivity contribution in [3.05, 3.63) is 94.3 Å². The molecule has 34 heavy (non-hydrogen) atoms. The van der Waals surface area contributed by atoms with Crippen LogP contribution in [0.15, 0.2) is 59.5 Å². The summed E-state index contributed by atoms with van der Waals surface area (Å²) in [7, 11) is -4.12. The zero-order valence-corrected chi connectivity index (χ0v) is 19.8. The van der Waals surface area contributed by atoms with Crippen LogP contribution in [0.2, 0.25) is 0 Å². The maximum atomic E-state index is 14.0. The molecule has 0 aliphatic rings. The maximum Gasteiger partial charge on any atom is 0.244 e. The number of hydrogen-bond acceptors (Lipinski definition) is 3. The van der Waals surface area contributed by atoms with Crippen LogP contribution >= 0.6 is 0 Å². The molecule has 0 heterocycles. The zero-order chi connectivity index (χ0) is 25.0. The lowest BCUT2D eigenvalue weighted by Crippen LogP contribution is -2.40. The topological polar surface area (TPSA) is 66.5 Å². The van der Waals surface area contributed by atoms with E-state index >= 15 is 0 Å². The van der Waals surface area contributed by atoms with Gasteiger partial charge >= 0.3 is 0 Å². The van der Waals surface area contributed by atoms with E-state index in [1.165, 1.54) is 0 Å². The number of anilines is 1. The zero-order valence-electron chi connectivity index (χ0n) is 19.0. The average Bonchev–Trinajstić information content (AvgIpc) is 2.76. The van der Waals surface area contributed by atoms with Gasteiger partial charge in [-0.3, -0.25) is 4.79 Å². The number of carbonyl (C=O) groups is 1. The van der Waals surface area contributed by atoms with Gasteiger partial charge in [0.15, 0.2) is 17.5 Å². The van der Waals surface area contributed by atoms with Gasteiger partial charge in [0.25, 0.3) is 0 Å². The van der Waals surface area contributed by atoms with Gasteiger partial charge in [-0.25, -0.2) is 21.6 Å². The van der Waals surface area contributed by atoms with E-state index in [4.69, 9.17) is 0 Å². The second-order valence-corrected chi connectivity index (χ2v) is 9.95. The van der Waals surface area contributed by atoms with Crippen molar-refractivity contribution in [1.29, 1.82) is 0 Å². The Morgan fingerprint density at radius 3 is 2.15 bits per heavy atom. The molecule has 0 bridgehead atoms. The van der Waals surface area contributed by atoms with Crippen molar-refractivity contribution in [2.75, 3.05) is 18.4 Å². The molecular formula is C25H25F3N2O3S. The summed E-state index contributed by atoms with van der Waals surface area (Å²) in [5, 5.41) is 2.14. The Morgan fingerprint density at radius 1 is 0.912 bits per heavy atom. The lowest BCUT2D eigenvalue weighted by molar-refractivity contribution is -0.116. The molecule has 0 fully saturated rings. The molecule has 5 nitrogen and oxygen atoms in total. The minimum atomic E-state index is -4.12. The highest BCUT2D eigenvalue weighted by Crippen LogP contribution is 2.26. The number of hydrogen-bond donors (Lipinski definition) is 1. The van der Waals surface area contributed by atoms with Gasteiger partial charge in [0.2, 0.25) is 15.9 Å². The predicted molar refractivity (Wildman–Crippen MR) is 125 cm³/mol. The summed E-state index contributed by atoms with van der Waals surface area (Å²) in [6, 6.07) is 14.2. The number of rotatable bonds is 8. The molecule has 3 aromatic rings. The molecule has 0 radical (unpaired) electrons. The number of carbonyl (C=O) groups excluding carboxylic acids is 1. The summed E-state index contributed by atoms with van der Waals surface area (Å²) in [6.07, 6.45) is 0.330. The van der Waals surface area contributed by atoms with Crippen molar-refractivity contribution in [2.45, 2.75) is 32.1 Å². The number of benzene rings is 3. The summed E-state index contributed by atoms with van der Waals surface area (Å²) in [5.74, 6) is -5.56. The smallest absolute Gasteiger partial charge is 0.244 e. The van der Waals surface area contributed by atoms with Crippen LogP contribution in [0.1, 0.15) is 22.3 Å². The molecule has 0 atom stereocenters. The number of amides is 1. The Balaban J connectivity index is 1.92. The largest absolute Gasteiger partial charge is 0.322 e. The molecule has 180 valence electrons. The van der Waals surface area contributed by atoms with Crippen LogP contribution in [-0.4, -0.2) is 31.7 Å². The first-order chi connectivity index (χ1) is 16.0. The third-order valence-electron chi connectivity index (χ3n) is 5.32. The molecule has 0 aliphatic heterocycles. The minimum absolute atomic E-state index is 0.0210. The molecule has 3 aromatic carbocycles. The van der Waals surface area contributed by atoms with Gasteiger partial charge in [-0.05, 0) is 56.0 Å². The van der Waals surface area contributed by atoms with Gasteiger partial charge in [0.1, 0.15) is 0 Å². The van der Waals surface area contributed by atoms with Crippen LogP contribution in [0.25, 0.3) is 0 Å². The fraction of sp³-hybridized carbons (Fsp3) is 0.240. The van der Waals surface area contributed by atoms with Crippen molar-refractivity contribution < 1.29 is 26.4 Å². The third kappa shape index (κ3) is 5.66. The van der Waals surface area contributed by atoms with Gasteiger partial charge in [-0.1, -0.05) is 48.0 Å². The first-order valence-electron chi connectivity index (χ1n) is 10.6. The maximum absolute atomic E-state index is 14.0. The van der Waals surface area contributed by atoms with E-state index in [9.17, 15) is 26.4 Å². The molecule has 1 amide bonds. The Kier molecular flexibility index (Phi) is 7.78. The fourth-order valence-corrected chi connectivity index (χ4v) is 5.67. The second-order valence-electron chi connectivity index (χ2n) is 8.07. The van der Waals surface area contributed by atoms with Crippen LogP contribution in [0.5, 0.6) is 0 Å². The van der Waals surface area contributed by atoms with Crippen LogP contribution in [0.4, 0.5) is 18.9 Å². The molecule has 3 rings (SSSR count). The summed E-state index contributed by atoms with van der Waals surface area (Å²) in [5.41, 5.74) is 2.26. The normalized spacial score (nSPS) is 11.6. The van der Waals surface area contributed by atoms with E-state index < -0.39 is 45.6 Å². The van der Waals surface area contributed by atoms with E-state index in [1.54, 1.807) is 26.0 Å². The van der Waals surface area contributed by atoms with Crippen molar-refractivity contribution in [2.24, 2.45) is 0 Å². The van der Waals surface area contributed by atoms with Crippen molar-refractivity contribution in [3.63, 3.8) is 0 Å². The molecule has 0 aromatic heterocycles. The third-order valence-corrected chi connectivity index (χ3v) is 7.48. The SMILES string of the molecule is Cc1cc(C)c(S(=O)(=O)N(CCc2ccccc2)CC(=O)Nc2ccc(F)c(F)c2F)c(C)c1. The fourth-order valence-electron chi connectivity index (χ4n) is 3.86. The van der Waals surface area contributed by atoms with E-state index in [1.807, 2.05) is 37.3 Å². The monoisotopic (exact) mass is 490 g/mol. The average molecular weight is 491 g/mol. The molecule has 0 saturated carbocycles. The van der Waals surface area contributed by atoms with Crippen molar-refractivity contribution >= 4 is 21.6 Å². The van der Waals surface area contributed by atoms with Gasteiger partial charge < -0.3 is 5.32 Å². The first kappa shape index (κ1) is 25.5. The summed E-state index contributed by atoms with van der Waals surface area (Å²) in [6.45, 7) is 4.55. The van der Waals surface area contributed by atoms with Gasteiger partial charge in [-0.2, -0.15) is 4.31 Å². The predicted octanol–water partition coefficient (Wildman–Crippen LogP) is 4.90. The number of sulfonamides is 1. The Morgan fingerprint density at radius 2 is 1.53 bits per heavy atom. The minimum Gasteiger partial charge on any atom is -0.322 e. The quantitative estimate of drug-likeness (QED) is 0.457. The highest BCUT2D eigenvalue weighted by Gasteiger charge is 2.30. The molecular weight excluding hydrogens is 465 g/mol. The van der Waals surface area contributed by atoms with E-state index in [2.05, 4.69) is 5.32 Å². The van der Waals surface area contributed by atoms with E-state index in [-0.39, 0.29) is 11.4 Å². The highest BCUT2D eigenvalue weighted by molar-refractivity contribution is 7.89. The van der Waals surface area contributed by atoms with E-state index in [0.717, 1.165) is 21.5 Å². The summed E-state index contributed by atoms with van der Waals surface area (Å²) >= 11 is 0.